The number of Topliss-reactive ketones (excluding diaryl/α,β-unsaturated/α-hetero) is 1. The van der Waals surface area contributed by atoms with Gasteiger partial charge in [-0.05, 0) is 30.2 Å². The predicted molar refractivity (Wildman–Crippen MR) is 106 cm³/mol. The van der Waals surface area contributed by atoms with Crippen LogP contribution in [0.2, 0.25) is 0 Å². The Kier molecular flexibility index (Phi) is 4.80. The lowest BCUT2D eigenvalue weighted by Crippen LogP contribution is -2.31. The molecule has 1 atom stereocenters. The Morgan fingerprint density at radius 1 is 1.31 bits per heavy atom. The molecule has 7 heteroatoms. The molecule has 0 radical (unpaired) electrons. The predicted octanol–water partition coefficient (Wildman–Crippen LogP) is 3.82. The number of rotatable bonds is 6. The van der Waals surface area contributed by atoms with Gasteiger partial charge in [0.25, 0.3) is 5.91 Å². The van der Waals surface area contributed by atoms with Gasteiger partial charge in [-0.15, -0.1) is 0 Å². The van der Waals surface area contributed by atoms with Crippen molar-refractivity contribution < 1.29 is 23.8 Å². The van der Waals surface area contributed by atoms with Gasteiger partial charge in [-0.2, -0.15) is 0 Å². The molecule has 1 aliphatic rings. The zero-order valence-electron chi connectivity index (χ0n) is 16.1. The number of ether oxygens (including phenoxy) is 1. The van der Waals surface area contributed by atoms with E-state index in [0.717, 1.165) is 0 Å². The number of nitrogens with zero attached hydrogens (tertiary/aromatic N) is 2. The summed E-state index contributed by atoms with van der Waals surface area (Å²) < 4.78 is 11.0. The van der Waals surface area contributed by atoms with E-state index in [9.17, 15) is 14.7 Å². The average Bonchev–Trinajstić information content (AvgIpc) is 3.29. The van der Waals surface area contributed by atoms with Crippen molar-refractivity contribution >= 4 is 22.7 Å². The fourth-order valence-electron chi connectivity index (χ4n) is 3.68. The number of para-hydroxylation sites is 1. The number of carbonyl (C=O) groups excluding carboxylic acids is 2. The van der Waals surface area contributed by atoms with E-state index in [0.29, 0.717) is 35.2 Å². The van der Waals surface area contributed by atoms with E-state index in [2.05, 4.69) is 4.98 Å². The zero-order valence-corrected chi connectivity index (χ0v) is 16.1. The molecule has 0 bridgehead atoms. The minimum Gasteiger partial charge on any atom is -0.503 e. The van der Waals surface area contributed by atoms with Crippen molar-refractivity contribution in [3.8, 4) is 5.75 Å². The maximum atomic E-state index is 13.4. The second kappa shape index (κ2) is 7.43. The number of aliphatic hydroxyl groups is 1. The summed E-state index contributed by atoms with van der Waals surface area (Å²) >= 11 is 0. The van der Waals surface area contributed by atoms with Crippen molar-refractivity contribution in [2.75, 3.05) is 13.7 Å². The third kappa shape index (κ3) is 3.04. The van der Waals surface area contributed by atoms with Crippen LogP contribution in [0.4, 0.5) is 0 Å². The molecule has 1 unspecified atom stereocenters. The summed E-state index contributed by atoms with van der Waals surface area (Å²) in [5, 5.41) is 11.3. The lowest BCUT2D eigenvalue weighted by atomic mass is 9.96. The maximum Gasteiger partial charge on any atom is 0.290 e. The van der Waals surface area contributed by atoms with Crippen LogP contribution in [0.3, 0.4) is 0 Å². The van der Waals surface area contributed by atoms with Gasteiger partial charge in [0.1, 0.15) is 0 Å². The van der Waals surface area contributed by atoms with Gasteiger partial charge in [0, 0.05) is 24.3 Å². The van der Waals surface area contributed by atoms with Gasteiger partial charge in [-0.3, -0.25) is 14.6 Å². The first-order chi connectivity index (χ1) is 14.1. The largest absolute Gasteiger partial charge is 0.503 e. The number of pyridine rings is 1. The van der Waals surface area contributed by atoms with E-state index in [4.69, 9.17) is 9.15 Å². The number of methoxy groups -OCH3 is 1. The fourth-order valence-corrected chi connectivity index (χ4v) is 3.68. The molecule has 1 aliphatic heterocycles. The van der Waals surface area contributed by atoms with E-state index in [1.165, 1.54) is 12.0 Å². The van der Waals surface area contributed by atoms with Crippen molar-refractivity contribution in [3.05, 3.63) is 71.4 Å². The number of hydrogen-bond acceptors (Lipinski definition) is 6. The van der Waals surface area contributed by atoms with Gasteiger partial charge in [-0.25, -0.2) is 0 Å². The van der Waals surface area contributed by atoms with E-state index < -0.39 is 23.5 Å². The highest BCUT2D eigenvalue weighted by Crippen LogP contribution is 2.40. The van der Waals surface area contributed by atoms with E-state index in [-0.39, 0.29) is 11.3 Å². The molecule has 4 rings (SSSR count). The molecule has 0 saturated heterocycles. The van der Waals surface area contributed by atoms with E-state index >= 15 is 0 Å². The fraction of sp³-hybridized carbons (Fsp3) is 0.227. The first-order valence-electron chi connectivity index (χ1n) is 9.32. The topological polar surface area (TPSA) is 92.9 Å². The Balaban J connectivity index is 1.82. The molecule has 3 aromatic rings. The third-order valence-corrected chi connectivity index (χ3v) is 4.96. The lowest BCUT2D eigenvalue weighted by Gasteiger charge is -2.25. The van der Waals surface area contributed by atoms with Crippen molar-refractivity contribution in [1.29, 1.82) is 0 Å². The van der Waals surface area contributed by atoms with Crippen molar-refractivity contribution in [1.82, 2.24) is 9.88 Å². The molecule has 3 heterocycles. The second-order valence-corrected chi connectivity index (χ2v) is 6.77. The molecule has 0 fully saturated rings. The number of aliphatic hydroxyl groups excluding tert-OH is 1. The van der Waals surface area contributed by atoms with Crippen molar-refractivity contribution in [2.24, 2.45) is 0 Å². The molecule has 1 N–H and O–H groups in total. The van der Waals surface area contributed by atoms with Crippen LogP contribution >= 0.6 is 0 Å². The lowest BCUT2D eigenvalue weighted by molar-refractivity contribution is -0.129. The number of aromatic nitrogens is 1. The Morgan fingerprint density at radius 3 is 2.83 bits per heavy atom. The third-order valence-electron chi connectivity index (χ3n) is 4.96. The summed E-state index contributed by atoms with van der Waals surface area (Å²) in [6, 6.07) is 9.70. The number of amides is 1. The molecule has 7 nitrogen and oxygen atoms in total. The summed E-state index contributed by atoms with van der Waals surface area (Å²) in [5.74, 6) is -1.13. The molecular formula is C22H20N2O5. The number of ketones is 1. The van der Waals surface area contributed by atoms with E-state index in [1.807, 2.05) is 6.92 Å². The SMILES string of the molecule is CCCN1C(=O)C(O)=C(C(=O)c2cc3cccc(OC)c3o2)C1c1cccnc1. The van der Waals surface area contributed by atoms with E-state index in [1.54, 1.807) is 48.8 Å². The number of carbonyl (C=O) groups is 2. The van der Waals surface area contributed by atoms with Crippen LogP contribution < -0.4 is 4.74 Å². The quantitative estimate of drug-likeness (QED) is 0.641. The Bertz CT molecular complexity index is 1120. The summed E-state index contributed by atoms with van der Waals surface area (Å²) in [6.07, 6.45) is 3.88. The molecule has 0 saturated carbocycles. The van der Waals surface area contributed by atoms with Gasteiger partial charge in [0.15, 0.2) is 22.9 Å². The molecule has 148 valence electrons. The van der Waals surface area contributed by atoms with Crippen LogP contribution in [0.15, 0.2) is 64.5 Å². The monoisotopic (exact) mass is 392 g/mol. The molecular weight excluding hydrogens is 372 g/mol. The zero-order chi connectivity index (χ0) is 20.5. The summed E-state index contributed by atoms with van der Waals surface area (Å²) in [7, 11) is 1.52. The minimum atomic E-state index is -0.723. The molecule has 1 amide bonds. The van der Waals surface area contributed by atoms with Crippen LogP contribution in [-0.2, 0) is 4.79 Å². The number of fused-ring (bicyclic) bond motifs is 1. The number of hydrogen-bond donors (Lipinski definition) is 1. The van der Waals surface area contributed by atoms with Gasteiger partial charge in [0.2, 0.25) is 5.78 Å². The van der Waals surface area contributed by atoms with Gasteiger partial charge >= 0.3 is 0 Å². The Labute approximate surface area is 167 Å². The highest BCUT2D eigenvalue weighted by atomic mass is 16.5. The summed E-state index contributed by atoms with van der Waals surface area (Å²) in [5.41, 5.74) is 1.08. The number of furan rings is 1. The van der Waals surface area contributed by atoms with Crippen LogP contribution in [0.25, 0.3) is 11.0 Å². The van der Waals surface area contributed by atoms with Gasteiger partial charge in [0.05, 0.1) is 18.7 Å². The highest BCUT2D eigenvalue weighted by molar-refractivity contribution is 6.16. The first-order valence-corrected chi connectivity index (χ1v) is 9.32. The highest BCUT2D eigenvalue weighted by Gasteiger charge is 2.44. The molecule has 2 aromatic heterocycles. The summed E-state index contributed by atoms with van der Waals surface area (Å²) in [6.45, 7) is 2.32. The number of benzene rings is 1. The Morgan fingerprint density at radius 2 is 2.14 bits per heavy atom. The molecule has 0 aliphatic carbocycles. The standard InChI is InChI=1S/C22H20N2O5/c1-3-10-24-18(14-7-5-9-23-12-14)17(20(26)22(24)27)19(25)16-11-13-6-4-8-15(28-2)21(13)29-16/h4-9,11-12,18,26H,3,10H2,1-2H3. The maximum absolute atomic E-state index is 13.4. The van der Waals surface area contributed by atoms with Crippen LogP contribution in [0.5, 0.6) is 5.75 Å². The van der Waals surface area contributed by atoms with Crippen molar-refractivity contribution in [2.45, 2.75) is 19.4 Å². The molecule has 29 heavy (non-hydrogen) atoms. The second-order valence-electron chi connectivity index (χ2n) is 6.77. The average molecular weight is 392 g/mol. The first kappa shape index (κ1) is 18.7. The van der Waals surface area contributed by atoms with Crippen LogP contribution in [0, 0.1) is 0 Å². The molecule has 0 spiro atoms. The van der Waals surface area contributed by atoms with Gasteiger partial charge < -0.3 is 19.2 Å². The molecule has 1 aromatic carbocycles. The van der Waals surface area contributed by atoms with Crippen LogP contribution in [-0.4, -0.2) is 40.3 Å². The van der Waals surface area contributed by atoms with Crippen LogP contribution in [0.1, 0.15) is 35.5 Å². The van der Waals surface area contributed by atoms with Crippen molar-refractivity contribution in [3.63, 3.8) is 0 Å². The van der Waals surface area contributed by atoms with Gasteiger partial charge in [-0.1, -0.05) is 25.1 Å². The Hall–Kier alpha value is -3.61. The summed E-state index contributed by atoms with van der Waals surface area (Å²) in [4.78, 5) is 31.6. The normalized spacial score (nSPS) is 16.7. The smallest absolute Gasteiger partial charge is 0.290 e. The minimum absolute atomic E-state index is 0.00512.